The number of amides is 1. The number of aromatic nitrogens is 1. The zero-order valence-corrected chi connectivity index (χ0v) is 14.5. The van der Waals surface area contributed by atoms with Gasteiger partial charge < -0.3 is 10.1 Å². The van der Waals surface area contributed by atoms with Crippen molar-refractivity contribution < 1.29 is 40.8 Å². The SMILES string of the molecule is CCOC(=O)NC(Nc1nc2ccc([N+](=O)[O-])cc2s1)(C(F)(F)F)C(F)(F)F. The number of alkyl carbamates (subject to hydrolysis) is 1. The van der Waals surface area contributed by atoms with E-state index in [4.69, 9.17) is 0 Å². The molecule has 0 saturated heterocycles. The number of alkyl halides is 6. The summed E-state index contributed by atoms with van der Waals surface area (Å²) >= 11 is 0.310. The van der Waals surface area contributed by atoms with Crippen LogP contribution in [-0.4, -0.2) is 40.6 Å². The molecule has 0 spiro atoms. The number of carbonyl (C=O) groups excluding carboxylic acids is 1. The van der Waals surface area contributed by atoms with E-state index in [1.165, 1.54) is 12.2 Å². The van der Waals surface area contributed by atoms with E-state index in [1.807, 2.05) is 0 Å². The summed E-state index contributed by atoms with van der Waals surface area (Å²) in [5.41, 5.74) is -5.40. The number of carbonyl (C=O) groups is 1. The van der Waals surface area contributed by atoms with Crippen molar-refractivity contribution in [2.24, 2.45) is 0 Å². The molecule has 1 aromatic heterocycles. The topological polar surface area (TPSA) is 106 Å². The molecule has 2 aromatic rings. The van der Waals surface area contributed by atoms with Crippen LogP contribution in [0.1, 0.15) is 6.92 Å². The lowest BCUT2D eigenvalue weighted by molar-refractivity contribution is -0.384. The van der Waals surface area contributed by atoms with Gasteiger partial charge in [0.05, 0.1) is 21.7 Å². The second-order valence-corrected chi connectivity index (χ2v) is 6.17. The van der Waals surface area contributed by atoms with E-state index in [0.717, 1.165) is 23.5 Å². The standard InChI is InChI=1S/C13H10F6N4O4S/c1-2-27-10(24)22-11(12(14,15)16,13(17,18)19)21-9-20-7-4-3-6(23(25)26)5-8(7)28-9/h3-5H,2H2,1H3,(H,20,21)(H,22,24). The first-order valence-corrected chi connectivity index (χ1v) is 8.04. The van der Waals surface area contributed by atoms with Crippen LogP contribution in [0.3, 0.4) is 0 Å². The first-order chi connectivity index (χ1) is 12.8. The number of hydrogen-bond donors (Lipinski definition) is 2. The number of rotatable bonds is 5. The summed E-state index contributed by atoms with van der Waals surface area (Å²) in [7, 11) is 0. The highest BCUT2D eigenvalue weighted by Gasteiger charge is 2.73. The lowest BCUT2D eigenvalue weighted by Gasteiger charge is -2.37. The third kappa shape index (κ3) is 4.02. The van der Waals surface area contributed by atoms with Crippen LogP contribution in [0.15, 0.2) is 18.2 Å². The number of thiazole rings is 1. The average Bonchev–Trinajstić information content (AvgIpc) is 2.93. The summed E-state index contributed by atoms with van der Waals surface area (Å²) in [6.45, 7) is 0.721. The summed E-state index contributed by atoms with van der Waals surface area (Å²) in [5, 5.41) is 11.8. The zero-order chi connectivity index (χ0) is 21.3. The summed E-state index contributed by atoms with van der Waals surface area (Å²) < 4.78 is 84.6. The molecule has 15 heteroatoms. The molecular weight excluding hydrogens is 422 g/mol. The van der Waals surface area contributed by atoms with Crippen molar-refractivity contribution in [1.29, 1.82) is 0 Å². The highest BCUT2D eigenvalue weighted by Crippen LogP contribution is 2.44. The van der Waals surface area contributed by atoms with Gasteiger partial charge in [-0.1, -0.05) is 11.3 Å². The lowest BCUT2D eigenvalue weighted by atomic mass is 10.1. The number of benzene rings is 1. The Hall–Kier alpha value is -2.84. The number of hydrogen-bond acceptors (Lipinski definition) is 7. The van der Waals surface area contributed by atoms with Crippen molar-refractivity contribution in [3.8, 4) is 0 Å². The largest absolute Gasteiger partial charge is 0.450 e. The molecule has 1 amide bonds. The third-order valence-corrected chi connectivity index (χ3v) is 4.23. The first kappa shape index (κ1) is 21.5. The molecule has 1 heterocycles. The summed E-state index contributed by atoms with van der Waals surface area (Å²) in [4.78, 5) is 24.9. The molecule has 0 aliphatic heterocycles. The van der Waals surface area contributed by atoms with Gasteiger partial charge in [0.15, 0.2) is 5.13 Å². The Bertz CT molecular complexity index is 883. The van der Waals surface area contributed by atoms with Crippen molar-refractivity contribution in [1.82, 2.24) is 10.3 Å². The fourth-order valence-corrected chi connectivity index (χ4v) is 2.99. The van der Waals surface area contributed by atoms with E-state index >= 15 is 0 Å². The number of anilines is 1. The number of fused-ring (bicyclic) bond motifs is 1. The number of nitro benzene ring substituents is 1. The Kier molecular flexibility index (Phi) is 5.59. The van der Waals surface area contributed by atoms with Gasteiger partial charge in [0.2, 0.25) is 0 Å². The number of non-ortho nitro benzene ring substituents is 1. The summed E-state index contributed by atoms with van der Waals surface area (Å²) in [6, 6.07) is 3.00. The molecular formula is C13H10F6N4O4S. The summed E-state index contributed by atoms with van der Waals surface area (Å²) in [6.07, 6.45) is -14.0. The van der Waals surface area contributed by atoms with Crippen LogP contribution in [0.2, 0.25) is 0 Å². The molecule has 0 bridgehead atoms. The molecule has 8 nitrogen and oxygen atoms in total. The molecule has 0 radical (unpaired) electrons. The van der Waals surface area contributed by atoms with Gasteiger partial charge in [-0.25, -0.2) is 9.78 Å². The Morgan fingerprint density at radius 3 is 2.36 bits per heavy atom. The highest BCUT2D eigenvalue weighted by atomic mass is 32.1. The Labute approximate surface area is 155 Å². The quantitative estimate of drug-likeness (QED) is 0.318. The summed E-state index contributed by atoms with van der Waals surface area (Å²) in [5.74, 6) is 0. The van der Waals surface area contributed by atoms with Gasteiger partial charge in [-0.2, -0.15) is 26.3 Å². The van der Waals surface area contributed by atoms with E-state index in [0.29, 0.717) is 11.3 Å². The van der Waals surface area contributed by atoms with Crippen LogP contribution in [-0.2, 0) is 4.74 Å². The lowest BCUT2D eigenvalue weighted by Crippen LogP contribution is -2.72. The molecule has 0 aliphatic carbocycles. The van der Waals surface area contributed by atoms with E-state index in [9.17, 15) is 41.3 Å². The molecule has 154 valence electrons. The molecule has 0 unspecified atom stereocenters. The molecule has 0 fully saturated rings. The number of ether oxygens (including phenoxy) is 1. The molecule has 0 atom stereocenters. The monoisotopic (exact) mass is 432 g/mol. The second kappa shape index (κ2) is 7.29. The van der Waals surface area contributed by atoms with Crippen LogP contribution < -0.4 is 10.6 Å². The van der Waals surface area contributed by atoms with E-state index < -0.39 is 46.5 Å². The second-order valence-electron chi connectivity index (χ2n) is 5.14. The smallest absolute Gasteiger partial charge is 0.439 e. The van der Waals surface area contributed by atoms with Crippen LogP contribution in [0.5, 0.6) is 0 Å². The maximum Gasteiger partial charge on any atom is 0.439 e. The predicted molar refractivity (Wildman–Crippen MR) is 84.9 cm³/mol. The maximum absolute atomic E-state index is 13.4. The fraction of sp³-hybridized carbons (Fsp3) is 0.385. The molecule has 1 aromatic carbocycles. The van der Waals surface area contributed by atoms with Gasteiger partial charge in [0.25, 0.3) is 5.69 Å². The molecule has 0 saturated carbocycles. The van der Waals surface area contributed by atoms with Crippen LogP contribution in [0, 0.1) is 10.1 Å². The minimum Gasteiger partial charge on any atom is -0.450 e. The average molecular weight is 432 g/mol. The minimum atomic E-state index is -6.04. The number of halogens is 6. The predicted octanol–water partition coefficient (Wildman–Crippen LogP) is 4.18. The Balaban J connectivity index is 2.53. The van der Waals surface area contributed by atoms with Crippen LogP contribution in [0.25, 0.3) is 10.2 Å². The van der Waals surface area contributed by atoms with Gasteiger partial charge in [0.1, 0.15) is 0 Å². The van der Waals surface area contributed by atoms with Crippen molar-refractivity contribution in [2.75, 3.05) is 11.9 Å². The van der Waals surface area contributed by atoms with Gasteiger partial charge in [-0.05, 0) is 13.0 Å². The van der Waals surface area contributed by atoms with Crippen molar-refractivity contribution in [2.45, 2.75) is 24.9 Å². The molecule has 0 aliphatic rings. The Morgan fingerprint density at radius 1 is 1.25 bits per heavy atom. The first-order valence-electron chi connectivity index (χ1n) is 7.22. The van der Waals surface area contributed by atoms with E-state index in [-0.39, 0.29) is 10.2 Å². The fourth-order valence-electron chi connectivity index (χ4n) is 2.04. The minimum absolute atomic E-state index is 0.0360. The van der Waals surface area contributed by atoms with Crippen LogP contribution >= 0.6 is 11.3 Å². The van der Waals surface area contributed by atoms with Crippen molar-refractivity contribution >= 4 is 38.5 Å². The van der Waals surface area contributed by atoms with Gasteiger partial charge in [-0.3, -0.25) is 15.4 Å². The third-order valence-electron chi connectivity index (χ3n) is 3.29. The molecule has 2 rings (SSSR count). The van der Waals surface area contributed by atoms with Crippen molar-refractivity contribution in [3.05, 3.63) is 28.3 Å². The normalized spacial score (nSPS) is 12.7. The maximum atomic E-state index is 13.4. The highest BCUT2D eigenvalue weighted by molar-refractivity contribution is 7.22. The van der Waals surface area contributed by atoms with E-state index in [2.05, 4.69) is 9.72 Å². The van der Waals surface area contributed by atoms with Gasteiger partial charge >= 0.3 is 24.1 Å². The van der Waals surface area contributed by atoms with Gasteiger partial charge in [-0.15, -0.1) is 0 Å². The van der Waals surface area contributed by atoms with Gasteiger partial charge in [0, 0.05) is 12.1 Å². The number of nitrogens with one attached hydrogen (secondary N) is 2. The zero-order valence-electron chi connectivity index (χ0n) is 13.6. The van der Waals surface area contributed by atoms with Crippen LogP contribution in [0.4, 0.5) is 42.0 Å². The van der Waals surface area contributed by atoms with E-state index in [1.54, 1.807) is 0 Å². The number of nitrogens with zero attached hydrogens (tertiary/aromatic N) is 2. The molecule has 28 heavy (non-hydrogen) atoms. The Morgan fingerprint density at radius 2 is 1.86 bits per heavy atom. The number of nitro groups is 1. The van der Waals surface area contributed by atoms with Crippen molar-refractivity contribution in [3.63, 3.8) is 0 Å². The molecule has 2 N–H and O–H groups in total.